The number of para-hydroxylation sites is 3. The average molecular weight is 370 g/mol. The van der Waals surface area contributed by atoms with Crippen LogP contribution in [0.4, 0.5) is 5.69 Å². The number of methoxy groups -OCH3 is 1. The van der Waals surface area contributed by atoms with Gasteiger partial charge in [-0.3, -0.25) is 9.59 Å². The molecule has 6 heteroatoms. The fourth-order valence-corrected chi connectivity index (χ4v) is 2.46. The molecule has 0 heterocycles. The number of ether oxygens (including phenoxy) is 2. The molecule has 2 rings (SSSR count). The summed E-state index contributed by atoms with van der Waals surface area (Å²) in [6.45, 7) is 4.31. The molecule has 2 N–H and O–H groups in total. The summed E-state index contributed by atoms with van der Waals surface area (Å²) in [5.41, 5.74) is 0.874. The van der Waals surface area contributed by atoms with Crippen molar-refractivity contribution in [3.63, 3.8) is 0 Å². The number of carbonyl (C=O) groups excluding carboxylic acids is 2. The first-order valence-corrected chi connectivity index (χ1v) is 9.04. The Bertz CT molecular complexity index is 776. The quantitative estimate of drug-likeness (QED) is 0.661. The molecular formula is C21H26N2O4. The molecule has 0 aliphatic rings. The Hall–Kier alpha value is -3.02. The van der Waals surface area contributed by atoms with Gasteiger partial charge in [0.1, 0.15) is 0 Å². The maximum Gasteiger partial charge on any atom is 0.265 e. The Balaban J connectivity index is 2.05. The predicted octanol–water partition coefficient (Wildman–Crippen LogP) is 3.63. The fourth-order valence-electron chi connectivity index (χ4n) is 2.46. The van der Waals surface area contributed by atoms with Crippen LogP contribution < -0.4 is 20.1 Å². The second-order valence-corrected chi connectivity index (χ2v) is 6.06. The van der Waals surface area contributed by atoms with Gasteiger partial charge in [-0.15, -0.1) is 0 Å². The molecule has 0 bridgehead atoms. The third kappa shape index (κ3) is 5.74. The highest BCUT2D eigenvalue weighted by Crippen LogP contribution is 2.27. The average Bonchev–Trinajstić information content (AvgIpc) is 2.68. The Morgan fingerprint density at radius 2 is 1.70 bits per heavy atom. The predicted molar refractivity (Wildman–Crippen MR) is 105 cm³/mol. The minimum absolute atomic E-state index is 0.211. The number of unbranched alkanes of at least 4 members (excludes halogenated alkanes) is 1. The lowest BCUT2D eigenvalue weighted by molar-refractivity contribution is -0.122. The van der Waals surface area contributed by atoms with Gasteiger partial charge in [-0.2, -0.15) is 0 Å². The monoisotopic (exact) mass is 370 g/mol. The van der Waals surface area contributed by atoms with Crippen molar-refractivity contribution in [2.45, 2.75) is 32.8 Å². The fraction of sp³-hybridized carbons (Fsp3) is 0.333. The third-order valence-electron chi connectivity index (χ3n) is 3.99. The van der Waals surface area contributed by atoms with Crippen LogP contribution >= 0.6 is 0 Å². The van der Waals surface area contributed by atoms with Crippen LogP contribution in [-0.4, -0.2) is 31.6 Å². The number of hydrogen-bond donors (Lipinski definition) is 2. The van der Waals surface area contributed by atoms with Crippen molar-refractivity contribution in [1.82, 2.24) is 5.32 Å². The van der Waals surface area contributed by atoms with Gasteiger partial charge in [0, 0.05) is 6.54 Å². The summed E-state index contributed by atoms with van der Waals surface area (Å²) in [7, 11) is 1.54. The first kappa shape index (κ1) is 20.3. The van der Waals surface area contributed by atoms with Crippen LogP contribution in [0.25, 0.3) is 0 Å². The van der Waals surface area contributed by atoms with E-state index in [9.17, 15) is 9.59 Å². The van der Waals surface area contributed by atoms with Crippen LogP contribution in [0.1, 0.15) is 37.0 Å². The Labute approximate surface area is 159 Å². The maximum atomic E-state index is 12.5. The molecule has 0 aliphatic carbocycles. The van der Waals surface area contributed by atoms with E-state index in [0.717, 1.165) is 12.8 Å². The molecule has 2 amide bonds. The van der Waals surface area contributed by atoms with Crippen LogP contribution in [-0.2, 0) is 4.79 Å². The van der Waals surface area contributed by atoms with Crippen molar-refractivity contribution in [3.05, 3.63) is 54.1 Å². The number of rotatable bonds is 9. The molecule has 1 atom stereocenters. The smallest absolute Gasteiger partial charge is 0.265 e. The number of hydrogen-bond acceptors (Lipinski definition) is 4. The van der Waals surface area contributed by atoms with Crippen LogP contribution in [0.5, 0.6) is 11.5 Å². The SMILES string of the molecule is CCCCNC(=O)c1ccccc1NC(=O)[C@H](C)Oc1ccccc1OC. The normalized spacial score (nSPS) is 11.4. The minimum atomic E-state index is -0.766. The zero-order chi connectivity index (χ0) is 19.6. The van der Waals surface area contributed by atoms with E-state index < -0.39 is 6.10 Å². The molecule has 2 aromatic rings. The first-order valence-electron chi connectivity index (χ1n) is 9.04. The second-order valence-electron chi connectivity index (χ2n) is 6.06. The summed E-state index contributed by atoms with van der Waals surface area (Å²) in [6, 6.07) is 14.0. The lowest BCUT2D eigenvalue weighted by Crippen LogP contribution is -2.32. The lowest BCUT2D eigenvalue weighted by atomic mass is 10.1. The summed E-state index contributed by atoms with van der Waals surface area (Å²) >= 11 is 0. The van der Waals surface area contributed by atoms with E-state index >= 15 is 0 Å². The molecule has 0 fully saturated rings. The van der Waals surface area contributed by atoms with Gasteiger partial charge in [0.15, 0.2) is 17.6 Å². The highest BCUT2D eigenvalue weighted by atomic mass is 16.5. The molecule has 0 spiro atoms. The summed E-state index contributed by atoms with van der Waals surface area (Å²) in [4.78, 5) is 24.9. The van der Waals surface area contributed by atoms with Crippen molar-refractivity contribution in [3.8, 4) is 11.5 Å². The molecule has 0 radical (unpaired) electrons. The number of benzene rings is 2. The van der Waals surface area contributed by atoms with E-state index in [1.807, 2.05) is 6.07 Å². The highest BCUT2D eigenvalue weighted by molar-refractivity contribution is 6.04. The molecule has 144 valence electrons. The van der Waals surface area contributed by atoms with Crippen molar-refractivity contribution < 1.29 is 19.1 Å². The van der Waals surface area contributed by atoms with E-state index in [2.05, 4.69) is 17.6 Å². The maximum absolute atomic E-state index is 12.5. The highest BCUT2D eigenvalue weighted by Gasteiger charge is 2.19. The number of carbonyl (C=O) groups is 2. The number of nitrogens with one attached hydrogen (secondary N) is 2. The van der Waals surface area contributed by atoms with Crippen molar-refractivity contribution in [2.24, 2.45) is 0 Å². The van der Waals surface area contributed by atoms with Gasteiger partial charge in [-0.1, -0.05) is 37.6 Å². The lowest BCUT2D eigenvalue weighted by Gasteiger charge is -2.17. The summed E-state index contributed by atoms with van der Waals surface area (Å²) in [6.07, 6.45) is 1.14. The van der Waals surface area contributed by atoms with Crippen LogP contribution in [0, 0.1) is 0 Å². The summed E-state index contributed by atoms with van der Waals surface area (Å²) in [5, 5.41) is 5.63. The van der Waals surface area contributed by atoms with E-state index in [1.165, 1.54) is 0 Å². The Morgan fingerprint density at radius 3 is 2.41 bits per heavy atom. The topological polar surface area (TPSA) is 76.7 Å². The molecular weight excluding hydrogens is 344 g/mol. The zero-order valence-electron chi connectivity index (χ0n) is 16.0. The molecule has 0 saturated heterocycles. The van der Waals surface area contributed by atoms with Gasteiger partial charge < -0.3 is 20.1 Å². The largest absolute Gasteiger partial charge is 0.493 e. The molecule has 27 heavy (non-hydrogen) atoms. The second kappa shape index (κ2) is 10.2. The van der Waals surface area contributed by atoms with Crippen molar-refractivity contribution in [2.75, 3.05) is 19.0 Å². The summed E-state index contributed by atoms with van der Waals surface area (Å²) in [5.74, 6) is 0.466. The van der Waals surface area contributed by atoms with Crippen LogP contribution in [0.2, 0.25) is 0 Å². The molecule has 2 aromatic carbocycles. The Kier molecular flexibility index (Phi) is 7.67. The van der Waals surface area contributed by atoms with Gasteiger partial charge in [0.2, 0.25) is 0 Å². The van der Waals surface area contributed by atoms with Gasteiger partial charge >= 0.3 is 0 Å². The third-order valence-corrected chi connectivity index (χ3v) is 3.99. The van der Waals surface area contributed by atoms with Crippen molar-refractivity contribution in [1.29, 1.82) is 0 Å². The van der Waals surface area contributed by atoms with Crippen LogP contribution in [0.3, 0.4) is 0 Å². The molecule has 0 saturated carbocycles. The zero-order valence-corrected chi connectivity index (χ0v) is 16.0. The first-order chi connectivity index (χ1) is 13.1. The van der Waals surface area contributed by atoms with E-state index in [1.54, 1.807) is 56.5 Å². The minimum Gasteiger partial charge on any atom is -0.493 e. The van der Waals surface area contributed by atoms with Gasteiger partial charge in [0.25, 0.3) is 11.8 Å². The standard InChI is InChI=1S/C21H26N2O4/c1-4-5-14-22-21(25)16-10-6-7-11-17(16)23-20(24)15(2)27-19-13-9-8-12-18(19)26-3/h6-13,15H,4-5,14H2,1-3H3,(H,22,25)(H,23,24)/t15-/m0/s1. The van der Waals surface area contributed by atoms with E-state index in [0.29, 0.717) is 29.3 Å². The van der Waals surface area contributed by atoms with E-state index in [4.69, 9.17) is 9.47 Å². The van der Waals surface area contributed by atoms with Gasteiger partial charge in [-0.25, -0.2) is 0 Å². The Morgan fingerprint density at radius 1 is 1.04 bits per heavy atom. The van der Waals surface area contributed by atoms with Crippen molar-refractivity contribution >= 4 is 17.5 Å². The van der Waals surface area contributed by atoms with E-state index in [-0.39, 0.29) is 11.8 Å². The summed E-state index contributed by atoms with van der Waals surface area (Å²) < 4.78 is 10.9. The van der Waals surface area contributed by atoms with Crippen LogP contribution in [0.15, 0.2) is 48.5 Å². The van der Waals surface area contributed by atoms with Gasteiger partial charge in [-0.05, 0) is 37.6 Å². The number of amides is 2. The molecule has 0 aromatic heterocycles. The molecule has 0 aliphatic heterocycles. The molecule has 0 unspecified atom stereocenters. The molecule has 6 nitrogen and oxygen atoms in total. The number of anilines is 1. The van der Waals surface area contributed by atoms with Gasteiger partial charge in [0.05, 0.1) is 18.4 Å².